The van der Waals surface area contributed by atoms with Gasteiger partial charge in [0.05, 0.1) is 13.1 Å². The molecule has 2 amide bonds. The van der Waals surface area contributed by atoms with Crippen LogP contribution in [0.25, 0.3) is 0 Å². The zero-order valence-electron chi connectivity index (χ0n) is 9.07. The lowest BCUT2D eigenvalue weighted by Gasteiger charge is -2.29. The Balaban J connectivity index is 2.35. The molecule has 2 rings (SSSR count). The monoisotopic (exact) mass is 297 g/mol. The molecule has 0 unspecified atom stereocenters. The quantitative estimate of drug-likeness (QED) is 0.774. The summed E-state index contributed by atoms with van der Waals surface area (Å²) < 4.78 is 0.892. The number of halogens is 1. The van der Waals surface area contributed by atoms with E-state index in [0.29, 0.717) is 6.54 Å². The average Bonchev–Trinajstić information content (AvgIpc) is 2.27. The van der Waals surface area contributed by atoms with Gasteiger partial charge in [-0.2, -0.15) is 0 Å². The van der Waals surface area contributed by atoms with Crippen LogP contribution in [-0.4, -0.2) is 24.9 Å². The Morgan fingerprint density at radius 1 is 1.29 bits per heavy atom. The van der Waals surface area contributed by atoms with E-state index in [4.69, 9.17) is 5.73 Å². The normalized spacial score (nSPS) is 16.0. The van der Waals surface area contributed by atoms with Crippen LogP contribution < -0.4 is 16.0 Å². The molecule has 1 saturated heterocycles. The van der Waals surface area contributed by atoms with E-state index in [9.17, 15) is 9.59 Å². The highest BCUT2D eigenvalue weighted by atomic mass is 79.9. The molecular weight excluding hydrogens is 286 g/mol. The van der Waals surface area contributed by atoms with Crippen molar-refractivity contribution >= 4 is 33.4 Å². The highest BCUT2D eigenvalue weighted by Gasteiger charge is 2.24. The van der Waals surface area contributed by atoms with Gasteiger partial charge in [0.2, 0.25) is 11.8 Å². The third-order valence-electron chi connectivity index (χ3n) is 2.56. The predicted octanol–water partition coefficient (Wildman–Crippen LogP) is 0.371. The van der Waals surface area contributed by atoms with Gasteiger partial charge in [-0.15, -0.1) is 0 Å². The fraction of sp³-hybridized carbons (Fsp3) is 0.273. The Morgan fingerprint density at radius 3 is 2.53 bits per heavy atom. The van der Waals surface area contributed by atoms with E-state index >= 15 is 0 Å². The molecule has 0 aromatic heterocycles. The fourth-order valence-electron chi connectivity index (χ4n) is 1.81. The second-order valence-corrected chi connectivity index (χ2v) is 4.72. The van der Waals surface area contributed by atoms with E-state index in [1.54, 1.807) is 4.90 Å². The van der Waals surface area contributed by atoms with Crippen LogP contribution in [0.4, 0.5) is 5.69 Å². The van der Waals surface area contributed by atoms with Crippen LogP contribution in [0.2, 0.25) is 0 Å². The first kappa shape index (κ1) is 12.1. The van der Waals surface area contributed by atoms with Crippen LogP contribution >= 0.6 is 15.9 Å². The molecule has 1 fully saturated rings. The van der Waals surface area contributed by atoms with Gasteiger partial charge < -0.3 is 10.6 Å². The maximum absolute atomic E-state index is 11.3. The molecule has 1 aromatic rings. The lowest BCUT2D eigenvalue weighted by atomic mass is 10.1. The SMILES string of the molecule is NCc1ccc(Br)cc1N1CC(=O)NC(=O)C1. The largest absolute Gasteiger partial charge is 0.353 e. The standard InChI is InChI=1S/C11H12BrN3O2/c12-8-2-1-7(4-13)9(3-8)15-5-10(16)14-11(17)6-15/h1-3H,4-6,13H2,(H,14,16,17). The number of piperazine rings is 1. The number of carbonyl (C=O) groups excluding carboxylic acids is 2. The molecule has 0 radical (unpaired) electrons. The summed E-state index contributed by atoms with van der Waals surface area (Å²) in [6.45, 7) is 0.722. The molecule has 5 nitrogen and oxygen atoms in total. The van der Waals surface area contributed by atoms with E-state index in [1.807, 2.05) is 18.2 Å². The van der Waals surface area contributed by atoms with Crippen molar-refractivity contribution in [2.24, 2.45) is 5.73 Å². The van der Waals surface area contributed by atoms with Gasteiger partial charge in [-0.05, 0) is 17.7 Å². The van der Waals surface area contributed by atoms with Crippen molar-refractivity contribution in [2.45, 2.75) is 6.54 Å². The van der Waals surface area contributed by atoms with E-state index in [2.05, 4.69) is 21.2 Å². The second kappa shape index (κ2) is 4.85. The molecule has 90 valence electrons. The van der Waals surface area contributed by atoms with E-state index in [1.165, 1.54) is 0 Å². The first-order chi connectivity index (χ1) is 8.10. The second-order valence-electron chi connectivity index (χ2n) is 3.80. The van der Waals surface area contributed by atoms with Crippen molar-refractivity contribution < 1.29 is 9.59 Å². The first-order valence-electron chi connectivity index (χ1n) is 5.16. The summed E-state index contributed by atoms with van der Waals surface area (Å²) in [4.78, 5) is 24.4. The van der Waals surface area contributed by atoms with Crippen LogP contribution in [-0.2, 0) is 16.1 Å². The van der Waals surface area contributed by atoms with Gasteiger partial charge in [0.25, 0.3) is 0 Å². The fourth-order valence-corrected chi connectivity index (χ4v) is 2.16. The Hall–Kier alpha value is -1.40. The summed E-state index contributed by atoms with van der Waals surface area (Å²) in [6.07, 6.45) is 0. The number of anilines is 1. The van der Waals surface area contributed by atoms with Crippen molar-refractivity contribution in [1.82, 2.24) is 5.32 Å². The van der Waals surface area contributed by atoms with Crippen LogP contribution in [0.1, 0.15) is 5.56 Å². The number of nitrogens with one attached hydrogen (secondary N) is 1. The summed E-state index contributed by atoms with van der Waals surface area (Å²) in [6, 6.07) is 5.64. The van der Waals surface area contributed by atoms with Crippen LogP contribution in [0.5, 0.6) is 0 Å². The number of imide groups is 1. The molecule has 0 spiro atoms. The van der Waals surface area contributed by atoms with Gasteiger partial charge in [0.15, 0.2) is 0 Å². The lowest BCUT2D eigenvalue weighted by Crippen LogP contribution is -2.51. The Kier molecular flexibility index (Phi) is 3.44. The minimum absolute atomic E-state index is 0.176. The third-order valence-corrected chi connectivity index (χ3v) is 3.05. The molecule has 1 aromatic carbocycles. The number of nitrogens with zero attached hydrogens (tertiary/aromatic N) is 1. The van der Waals surface area contributed by atoms with Gasteiger partial charge in [-0.25, -0.2) is 0 Å². The van der Waals surface area contributed by atoms with E-state index in [0.717, 1.165) is 15.7 Å². The maximum Gasteiger partial charge on any atom is 0.246 e. The van der Waals surface area contributed by atoms with Gasteiger partial charge in [0, 0.05) is 16.7 Å². The lowest BCUT2D eigenvalue weighted by molar-refractivity contribution is -0.130. The molecular formula is C11H12BrN3O2. The molecule has 0 bridgehead atoms. The Bertz CT molecular complexity index is 460. The van der Waals surface area contributed by atoms with Crippen LogP contribution in [0.15, 0.2) is 22.7 Å². The summed E-state index contributed by atoms with van der Waals surface area (Å²) in [7, 11) is 0. The number of benzene rings is 1. The minimum Gasteiger partial charge on any atom is -0.353 e. The summed E-state index contributed by atoms with van der Waals surface area (Å²) >= 11 is 3.37. The molecule has 3 N–H and O–H groups in total. The summed E-state index contributed by atoms with van der Waals surface area (Å²) in [5, 5.41) is 2.27. The molecule has 0 atom stereocenters. The molecule has 1 aliphatic heterocycles. The zero-order valence-corrected chi connectivity index (χ0v) is 10.7. The van der Waals surface area contributed by atoms with Gasteiger partial charge in [-0.1, -0.05) is 22.0 Å². The minimum atomic E-state index is -0.288. The number of hydrogen-bond acceptors (Lipinski definition) is 4. The van der Waals surface area contributed by atoms with Crippen molar-refractivity contribution in [3.63, 3.8) is 0 Å². The average molecular weight is 298 g/mol. The molecule has 0 aliphatic carbocycles. The van der Waals surface area contributed by atoms with Gasteiger partial charge >= 0.3 is 0 Å². The molecule has 1 heterocycles. The number of rotatable bonds is 2. The van der Waals surface area contributed by atoms with Crippen molar-refractivity contribution in [3.05, 3.63) is 28.2 Å². The van der Waals surface area contributed by atoms with Gasteiger partial charge in [0.1, 0.15) is 0 Å². The molecule has 17 heavy (non-hydrogen) atoms. The van der Waals surface area contributed by atoms with Crippen molar-refractivity contribution in [2.75, 3.05) is 18.0 Å². The zero-order chi connectivity index (χ0) is 12.4. The molecule has 0 saturated carbocycles. The van der Waals surface area contributed by atoms with Crippen molar-refractivity contribution in [1.29, 1.82) is 0 Å². The number of nitrogens with two attached hydrogens (primary N) is 1. The number of amides is 2. The maximum atomic E-state index is 11.3. The molecule has 1 aliphatic rings. The van der Waals surface area contributed by atoms with Crippen molar-refractivity contribution in [3.8, 4) is 0 Å². The first-order valence-corrected chi connectivity index (χ1v) is 5.95. The van der Waals surface area contributed by atoms with Gasteiger partial charge in [-0.3, -0.25) is 14.9 Å². The predicted molar refractivity (Wildman–Crippen MR) is 67.4 cm³/mol. The summed E-state index contributed by atoms with van der Waals surface area (Å²) in [5.41, 5.74) is 7.39. The Labute approximate surface area is 107 Å². The van der Waals surface area contributed by atoms with E-state index < -0.39 is 0 Å². The number of hydrogen-bond donors (Lipinski definition) is 2. The van der Waals surface area contributed by atoms with Crippen LogP contribution in [0, 0.1) is 0 Å². The van der Waals surface area contributed by atoms with Crippen LogP contribution in [0.3, 0.4) is 0 Å². The summed E-state index contributed by atoms with van der Waals surface area (Å²) in [5.74, 6) is -0.576. The highest BCUT2D eigenvalue weighted by molar-refractivity contribution is 9.10. The Morgan fingerprint density at radius 2 is 1.94 bits per heavy atom. The van der Waals surface area contributed by atoms with E-state index in [-0.39, 0.29) is 24.9 Å². The highest BCUT2D eigenvalue weighted by Crippen LogP contribution is 2.25. The molecule has 6 heteroatoms. The topological polar surface area (TPSA) is 75.4 Å². The smallest absolute Gasteiger partial charge is 0.246 e. The number of carbonyl (C=O) groups is 2. The third kappa shape index (κ3) is 2.65.